The molecule has 0 bridgehead atoms. The predicted octanol–water partition coefficient (Wildman–Crippen LogP) is 8.39. The van der Waals surface area contributed by atoms with Gasteiger partial charge in [0, 0.05) is 39.2 Å². The van der Waals surface area contributed by atoms with Crippen molar-refractivity contribution in [2.24, 2.45) is 0 Å². The number of hydrogen-bond acceptors (Lipinski definition) is 7. The van der Waals surface area contributed by atoms with Gasteiger partial charge in [0.2, 0.25) is 5.91 Å². The number of carbonyl (C=O) groups excluding carboxylic acids is 2. The number of nitrogens with zero attached hydrogens (tertiary/aromatic N) is 4. The van der Waals surface area contributed by atoms with Gasteiger partial charge >= 0.3 is 13.2 Å². The average Bonchev–Trinajstić information content (AvgIpc) is 3.62. The van der Waals surface area contributed by atoms with E-state index >= 15 is 0 Å². The van der Waals surface area contributed by atoms with E-state index in [-0.39, 0.29) is 18.2 Å². The molecule has 2 amide bonds. The first kappa shape index (κ1) is 40.3. The molecule has 53 heavy (non-hydrogen) atoms. The molecule has 3 heterocycles. The van der Waals surface area contributed by atoms with Crippen molar-refractivity contribution in [3.63, 3.8) is 0 Å². The van der Waals surface area contributed by atoms with Crippen LogP contribution in [0.5, 0.6) is 0 Å². The summed E-state index contributed by atoms with van der Waals surface area (Å²) in [5.41, 5.74) is 4.87. The van der Waals surface area contributed by atoms with Gasteiger partial charge in [-0.15, -0.1) is 0 Å². The van der Waals surface area contributed by atoms with E-state index in [9.17, 15) is 9.59 Å². The Bertz CT molecular complexity index is 1780. The summed E-state index contributed by atoms with van der Waals surface area (Å²) < 4.78 is 27.1. The van der Waals surface area contributed by atoms with Crippen LogP contribution in [0.15, 0.2) is 66.3 Å². The number of allylic oxidation sites excluding steroid dienone is 1. The summed E-state index contributed by atoms with van der Waals surface area (Å²) in [5.74, 6) is -0.0870. The van der Waals surface area contributed by atoms with E-state index in [4.69, 9.17) is 23.9 Å². The van der Waals surface area contributed by atoms with E-state index < -0.39 is 23.9 Å². The first-order valence-corrected chi connectivity index (χ1v) is 19.1. The first-order chi connectivity index (χ1) is 25.0. The summed E-state index contributed by atoms with van der Waals surface area (Å²) in [6.07, 6.45) is 9.98. The molecule has 0 saturated carbocycles. The second-order valence-corrected chi connectivity index (χ2v) is 16.4. The molecule has 1 unspecified atom stereocenters. The highest BCUT2D eigenvalue weighted by molar-refractivity contribution is 6.56. The van der Waals surface area contributed by atoms with Gasteiger partial charge in [0.25, 0.3) is 0 Å². The molecule has 2 fully saturated rings. The maximum atomic E-state index is 13.2. The lowest BCUT2D eigenvalue weighted by Gasteiger charge is -2.32. The van der Waals surface area contributed by atoms with Crippen LogP contribution in [0.25, 0.3) is 16.5 Å². The molecule has 1 aromatic heterocycles. The Labute approximate surface area is 316 Å². The molecule has 3 aromatic rings. The summed E-state index contributed by atoms with van der Waals surface area (Å²) in [4.78, 5) is 28.4. The predicted molar refractivity (Wildman–Crippen MR) is 211 cm³/mol. The van der Waals surface area contributed by atoms with Gasteiger partial charge in [-0.25, -0.2) is 9.48 Å². The second-order valence-electron chi connectivity index (χ2n) is 16.4. The van der Waals surface area contributed by atoms with Crippen molar-refractivity contribution in [3.05, 3.63) is 83.0 Å². The maximum absolute atomic E-state index is 13.2. The van der Waals surface area contributed by atoms with E-state index in [1.54, 1.807) is 31.1 Å². The highest BCUT2D eigenvalue weighted by atomic mass is 16.7. The first-order valence-electron chi connectivity index (χ1n) is 19.1. The zero-order valence-electron chi connectivity index (χ0n) is 33.5. The molecule has 2 aliphatic rings. The molecule has 0 N–H and O–H groups in total. The van der Waals surface area contributed by atoms with Crippen molar-refractivity contribution in [3.8, 4) is 0 Å². The van der Waals surface area contributed by atoms with Crippen LogP contribution in [0.1, 0.15) is 110 Å². The van der Waals surface area contributed by atoms with Gasteiger partial charge in [-0.3, -0.25) is 4.79 Å². The summed E-state index contributed by atoms with van der Waals surface area (Å²) in [5, 5.41) is 5.81. The molecular weight excluding hydrogens is 667 g/mol. The number of rotatable bonds is 12. The quantitative estimate of drug-likeness (QED) is 0.137. The van der Waals surface area contributed by atoms with Gasteiger partial charge in [0.05, 0.1) is 22.9 Å². The minimum Gasteiger partial charge on any atom is -0.444 e. The molecule has 2 saturated heterocycles. The molecule has 0 spiro atoms. The third-order valence-corrected chi connectivity index (χ3v) is 10.4. The Balaban J connectivity index is 1.44. The number of hydrogen-bond donors (Lipinski definition) is 0. The van der Waals surface area contributed by atoms with Crippen LogP contribution in [0.2, 0.25) is 0 Å². The van der Waals surface area contributed by atoms with Crippen LogP contribution in [0, 0.1) is 0 Å². The fraction of sp³-hybridized carbons (Fsp3) is 0.548. The molecule has 286 valence electrons. The van der Waals surface area contributed by atoms with Gasteiger partial charge in [0.15, 0.2) is 6.23 Å². The standard InChI is InChI=1S/C42H59BN4O6/c1-11-34(43-52-41(5,6)42(7,8)53-43)38(32-22-23-35-33(28-32)29-44-47(35)37-17-13-15-27-50-37)31-20-18-30(19-21-31)24-26-46(39(49)51-40(2,3)4)25-14-12-16-36(48)45(9)10/h12,16,18-23,28-29,37H,11,13-15,17,24-27H2,1-10H3/b16-12+,38-34+. The molecule has 0 aliphatic carbocycles. The normalized spacial score (nSPS) is 19.1. The van der Waals surface area contributed by atoms with Gasteiger partial charge in [-0.2, -0.15) is 5.10 Å². The Morgan fingerprint density at radius 1 is 1.00 bits per heavy atom. The van der Waals surface area contributed by atoms with Gasteiger partial charge in [-0.1, -0.05) is 43.3 Å². The number of amides is 2. The Hall–Kier alpha value is -3.93. The molecule has 5 rings (SSSR count). The van der Waals surface area contributed by atoms with Crippen LogP contribution in [-0.2, 0) is 30.0 Å². The topological polar surface area (TPSA) is 95.4 Å². The van der Waals surface area contributed by atoms with Gasteiger partial charge in [0.1, 0.15) is 5.60 Å². The van der Waals surface area contributed by atoms with E-state index in [0.29, 0.717) is 25.9 Å². The van der Waals surface area contributed by atoms with Crippen molar-refractivity contribution < 1.29 is 28.4 Å². The number of aromatic nitrogens is 2. The number of carbonyl (C=O) groups is 2. The van der Waals surface area contributed by atoms with Gasteiger partial charge in [-0.05, 0) is 133 Å². The van der Waals surface area contributed by atoms with Crippen LogP contribution < -0.4 is 0 Å². The third kappa shape index (κ3) is 9.80. The largest absolute Gasteiger partial charge is 0.491 e. The third-order valence-electron chi connectivity index (χ3n) is 10.4. The second kappa shape index (κ2) is 16.6. The van der Waals surface area contributed by atoms with Crippen molar-refractivity contribution in [1.29, 1.82) is 0 Å². The van der Waals surface area contributed by atoms with Crippen molar-refractivity contribution >= 4 is 35.6 Å². The fourth-order valence-electron chi connectivity index (χ4n) is 6.63. The lowest BCUT2D eigenvalue weighted by molar-refractivity contribution is -0.123. The number of fused-ring (bicyclic) bond motifs is 1. The SMILES string of the molecule is CC/C(B1OC(C)(C)C(C)(C)O1)=C(/c1ccc(CCN(CC/C=C/C(=O)N(C)C)C(=O)OC(C)(C)C)cc1)c1ccc2c(cnn2C2CCCCO2)c1. The van der Waals surface area contributed by atoms with Crippen molar-refractivity contribution in [1.82, 2.24) is 19.6 Å². The van der Waals surface area contributed by atoms with Gasteiger partial charge < -0.3 is 28.6 Å². The van der Waals surface area contributed by atoms with Crippen molar-refractivity contribution in [2.75, 3.05) is 33.8 Å². The molecule has 2 aliphatic heterocycles. The molecule has 2 aromatic carbocycles. The van der Waals surface area contributed by atoms with Crippen LogP contribution in [0.3, 0.4) is 0 Å². The lowest BCUT2D eigenvalue weighted by atomic mass is 9.70. The average molecular weight is 727 g/mol. The number of ether oxygens (including phenoxy) is 2. The highest BCUT2D eigenvalue weighted by Gasteiger charge is 2.52. The zero-order chi connectivity index (χ0) is 38.6. The number of benzene rings is 2. The molecule has 11 heteroatoms. The van der Waals surface area contributed by atoms with Crippen LogP contribution in [0.4, 0.5) is 4.79 Å². The van der Waals surface area contributed by atoms with E-state index in [1.807, 2.05) is 31.6 Å². The fourth-order valence-corrected chi connectivity index (χ4v) is 6.63. The van der Waals surface area contributed by atoms with Crippen LogP contribution in [-0.4, -0.2) is 89.3 Å². The number of likely N-dealkylation sites (N-methyl/N-ethyl adjacent to an activating group) is 1. The molecule has 0 radical (unpaired) electrons. The zero-order valence-corrected chi connectivity index (χ0v) is 33.5. The molecular formula is C42H59BN4O6. The smallest absolute Gasteiger partial charge is 0.444 e. The highest BCUT2D eigenvalue weighted by Crippen LogP contribution is 2.42. The monoisotopic (exact) mass is 726 g/mol. The van der Waals surface area contributed by atoms with E-state index in [0.717, 1.165) is 70.9 Å². The molecule has 10 nitrogen and oxygen atoms in total. The maximum Gasteiger partial charge on any atom is 0.491 e. The van der Waals surface area contributed by atoms with E-state index in [1.165, 1.54) is 4.90 Å². The minimum absolute atomic E-state index is 0.0411. The Morgan fingerprint density at radius 2 is 1.68 bits per heavy atom. The Kier molecular flexibility index (Phi) is 12.6. The summed E-state index contributed by atoms with van der Waals surface area (Å²) in [7, 11) is 2.93. The summed E-state index contributed by atoms with van der Waals surface area (Å²) in [6, 6.07) is 15.1. The molecule has 1 atom stereocenters. The summed E-state index contributed by atoms with van der Waals surface area (Å²) >= 11 is 0. The Morgan fingerprint density at radius 3 is 2.28 bits per heavy atom. The minimum atomic E-state index is -0.615. The van der Waals surface area contributed by atoms with Crippen LogP contribution >= 0.6 is 0 Å². The van der Waals surface area contributed by atoms with Crippen molar-refractivity contribution in [2.45, 2.75) is 117 Å². The summed E-state index contributed by atoms with van der Waals surface area (Å²) in [6.45, 7) is 17.8. The van der Waals surface area contributed by atoms with E-state index in [2.05, 4.69) is 77.1 Å². The lowest BCUT2D eigenvalue weighted by Crippen LogP contribution is -2.41.